The average Bonchev–Trinajstić information content (AvgIpc) is 2.15. The predicted molar refractivity (Wildman–Crippen MR) is 57.0 cm³/mol. The number of hydrogen-bond acceptors (Lipinski definition) is 3. The molecule has 1 unspecified atom stereocenters. The van der Waals surface area contributed by atoms with Crippen LogP contribution in [0.1, 0.15) is 32.6 Å². The lowest BCUT2D eigenvalue weighted by Gasteiger charge is -2.12. The van der Waals surface area contributed by atoms with Crippen molar-refractivity contribution < 1.29 is 9.53 Å². The van der Waals surface area contributed by atoms with Crippen molar-refractivity contribution in [3.05, 3.63) is 0 Å². The van der Waals surface area contributed by atoms with Crippen molar-refractivity contribution in [1.29, 1.82) is 0 Å². The highest BCUT2D eigenvalue weighted by Gasteiger charge is 2.05. The maximum Gasteiger partial charge on any atom is 0.220 e. The molecule has 0 aliphatic rings. The van der Waals surface area contributed by atoms with Crippen molar-refractivity contribution in [1.82, 2.24) is 5.32 Å². The van der Waals surface area contributed by atoms with Crippen LogP contribution in [0.25, 0.3) is 0 Å². The molecule has 4 nitrogen and oxygen atoms in total. The molecule has 0 radical (unpaired) electrons. The predicted octanol–water partition coefficient (Wildman–Crippen LogP) is 0.657. The van der Waals surface area contributed by atoms with Crippen LogP contribution < -0.4 is 11.1 Å². The first-order chi connectivity index (χ1) is 6.70. The molecule has 0 fully saturated rings. The van der Waals surface area contributed by atoms with E-state index in [1.165, 1.54) is 0 Å². The number of amides is 1. The summed E-state index contributed by atoms with van der Waals surface area (Å²) in [5.41, 5.74) is 5.33. The summed E-state index contributed by atoms with van der Waals surface area (Å²) < 4.78 is 4.92. The van der Waals surface area contributed by atoms with Gasteiger partial charge >= 0.3 is 0 Å². The summed E-state index contributed by atoms with van der Waals surface area (Å²) in [5.74, 6) is 0.113. The van der Waals surface area contributed by atoms with Gasteiger partial charge in [0.05, 0.1) is 0 Å². The van der Waals surface area contributed by atoms with Crippen molar-refractivity contribution in [2.75, 3.05) is 20.3 Å². The number of unbranched alkanes of at least 4 members (excludes halogenated alkanes) is 1. The standard InChI is InChI=1S/C10H22N2O2/c1-9(6-8-14-2)12-10(13)5-3-4-7-11/h9H,3-8,11H2,1-2H3,(H,12,13). The molecule has 84 valence electrons. The molecule has 4 heteroatoms. The van der Waals surface area contributed by atoms with Crippen molar-refractivity contribution in [3.8, 4) is 0 Å². The van der Waals surface area contributed by atoms with Crippen molar-refractivity contribution >= 4 is 5.91 Å². The van der Waals surface area contributed by atoms with E-state index in [0.29, 0.717) is 19.6 Å². The molecule has 3 N–H and O–H groups in total. The van der Waals surface area contributed by atoms with E-state index in [1.807, 2.05) is 6.92 Å². The van der Waals surface area contributed by atoms with Crippen LogP contribution in [-0.4, -0.2) is 32.2 Å². The van der Waals surface area contributed by atoms with Gasteiger partial charge in [0.1, 0.15) is 0 Å². The van der Waals surface area contributed by atoms with Gasteiger partial charge in [-0.15, -0.1) is 0 Å². The lowest BCUT2D eigenvalue weighted by atomic mass is 10.2. The Bertz CT molecular complexity index is 151. The second kappa shape index (κ2) is 8.97. The maximum atomic E-state index is 11.3. The summed E-state index contributed by atoms with van der Waals surface area (Å²) in [6, 6.07) is 0.195. The highest BCUT2D eigenvalue weighted by atomic mass is 16.5. The van der Waals surface area contributed by atoms with E-state index >= 15 is 0 Å². The summed E-state index contributed by atoms with van der Waals surface area (Å²) >= 11 is 0. The van der Waals surface area contributed by atoms with Gasteiger partial charge in [0.15, 0.2) is 0 Å². The van der Waals surface area contributed by atoms with Crippen molar-refractivity contribution in [2.45, 2.75) is 38.6 Å². The van der Waals surface area contributed by atoms with E-state index in [-0.39, 0.29) is 11.9 Å². The van der Waals surface area contributed by atoms with Gasteiger partial charge in [-0.25, -0.2) is 0 Å². The molecule has 0 bridgehead atoms. The number of carbonyl (C=O) groups is 1. The molecule has 0 rings (SSSR count). The summed E-state index contributed by atoms with van der Waals surface area (Å²) in [7, 11) is 1.66. The molecule has 0 aromatic rings. The van der Waals surface area contributed by atoms with Crippen LogP contribution in [0.4, 0.5) is 0 Å². The normalized spacial score (nSPS) is 12.5. The minimum Gasteiger partial charge on any atom is -0.385 e. The van der Waals surface area contributed by atoms with Crippen LogP contribution in [0.2, 0.25) is 0 Å². The van der Waals surface area contributed by atoms with Crippen molar-refractivity contribution in [3.63, 3.8) is 0 Å². The quantitative estimate of drug-likeness (QED) is 0.568. The van der Waals surface area contributed by atoms with E-state index in [0.717, 1.165) is 19.3 Å². The molecule has 1 amide bonds. The van der Waals surface area contributed by atoms with Gasteiger partial charge in [0.25, 0.3) is 0 Å². The molecular formula is C10H22N2O2. The van der Waals surface area contributed by atoms with Crippen LogP contribution in [-0.2, 0) is 9.53 Å². The number of carbonyl (C=O) groups excluding carboxylic acids is 1. The lowest BCUT2D eigenvalue weighted by molar-refractivity contribution is -0.121. The first kappa shape index (κ1) is 13.4. The van der Waals surface area contributed by atoms with Crippen molar-refractivity contribution in [2.24, 2.45) is 5.73 Å². The zero-order valence-electron chi connectivity index (χ0n) is 9.21. The van der Waals surface area contributed by atoms with E-state index < -0.39 is 0 Å². The average molecular weight is 202 g/mol. The minimum absolute atomic E-state index is 0.113. The molecule has 0 aromatic carbocycles. The lowest BCUT2D eigenvalue weighted by Crippen LogP contribution is -2.33. The van der Waals surface area contributed by atoms with Gasteiger partial charge in [-0.1, -0.05) is 0 Å². The SMILES string of the molecule is COCCC(C)NC(=O)CCCCN. The van der Waals surface area contributed by atoms with Crippen LogP contribution in [0.3, 0.4) is 0 Å². The Kier molecular flexibility index (Phi) is 8.57. The molecule has 0 spiro atoms. The Morgan fingerprint density at radius 3 is 2.79 bits per heavy atom. The van der Waals surface area contributed by atoms with E-state index in [9.17, 15) is 4.79 Å². The Labute approximate surface area is 86.2 Å². The number of hydrogen-bond donors (Lipinski definition) is 2. The van der Waals surface area contributed by atoms with Gasteiger partial charge in [-0.05, 0) is 32.7 Å². The maximum absolute atomic E-state index is 11.3. The first-order valence-electron chi connectivity index (χ1n) is 5.19. The van der Waals surface area contributed by atoms with E-state index in [2.05, 4.69) is 5.32 Å². The molecule has 14 heavy (non-hydrogen) atoms. The highest BCUT2D eigenvalue weighted by Crippen LogP contribution is 1.96. The Morgan fingerprint density at radius 1 is 1.50 bits per heavy atom. The smallest absolute Gasteiger partial charge is 0.220 e. The summed E-state index contributed by atoms with van der Waals surface area (Å²) in [5, 5.41) is 2.91. The largest absolute Gasteiger partial charge is 0.385 e. The Hall–Kier alpha value is -0.610. The molecule has 0 saturated carbocycles. The second-order valence-corrected chi connectivity index (χ2v) is 3.50. The van der Waals surface area contributed by atoms with Crippen LogP contribution >= 0.6 is 0 Å². The number of nitrogens with two attached hydrogens (primary N) is 1. The molecule has 0 aromatic heterocycles. The second-order valence-electron chi connectivity index (χ2n) is 3.50. The number of rotatable bonds is 8. The van der Waals surface area contributed by atoms with Crippen LogP contribution in [0, 0.1) is 0 Å². The first-order valence-corrected chi connectivity index (χ1v) is 5.19. The third kappa shape index (κ3) is 8.01. The molecule has 0 heterocycles. The van der Waals surface area contributed by atoms with Crippen LogP contribution in [0.5, 0.6) is 0 Å². The topological polar surface area (TPSA) is 64.3 Å². The number of methoxy groups -OCH3 is 1. The zero-order valence-corrected chi connectivity index (χ0v) is 9.21. The fraction of sp³-hybridized carbons (Fsp3) is 0.900. The molecule has 0 aliphatic heterocycles. The molecular weight excluding hydrogens is 180 g/mol. The molecule has 0 aliphatic carbocycles. The number of ether oxygens (including phenoxy) is 1. The van der Waals surface area contributed by atoms with E-state index in [4.69, 9.17) is 10.5 Å². The third-order valence-corrected chi connectivity index (χ3v) is 2.02. The fourth-order valence-electron chi connectivity index (χ4n) is 1.14. The van der Waals surface area contributed by atoms with Gasteiger partial charge in [-0.2, -0.15) is 0 Å². The van der Waals surface area contributed by atoms with E-state index in [1.54, 1.807) is 7.11 Å². The Balaban J connectivity index is 3.40. The fourth-order valence-corrected chi connectivity index (χ4v) is 1.14. The van der Waals surface area contributed by atoms with Gasteiger partial charge in [-0.3, -0.25) is 4.79 Å². The highest BCUT2D eigenvalue weighted by molar-refractivity contribution is 5.76. The van der Waals surface area contributed by atoms with Gasteiger partial charge < -0.3 is 15.8 Å². The minimum atomic E-state index is 0.113. The monoisotopic (exact) mass is 202 g/mol. The Morgan fingerprint density at radius 2 is 2.21 bits per heavy atom. The van der Waals surface area contributed by atoms with Crippen LogP contribution in [0.15, 0.2) is 0 Å². The summed E-state index contributed by atoms with van der Waals surface area (Å²) in [6.07, 6.45) is 3.23. The van der Waals surface area contributed by atoms with Gasteiger partial charge in [0.2, 0.25) is 5.91 Å². The van der Waals surface area contributed by atoms with Gasteiger partial charge in [0, 0.05) is 26.2 Å². The molecule has 1 atom stereocenters. The summed E-state index contributed by atoms with van der Waals surface area (Å²) in [4.78, 5) is 11.3. The number of nitrogens with one attached hydrogen (secondary N) is 1. The third-order valence-electron chi connectivity index (χ3n) is 2.02. The summed E-state index contributed by atoms with van der Waals surface area (Å²) in [6.45, 7) is 3.33. The molecule has 0 saturated heterocycles. The zero-order chi connectivity index (χ0) is 10.8.